The van der Waals surface area contributed by atoms with Gasteiger partial charge in [-0.1, -0.05) is 23.7 Å². The number of carbonyl (C=O) groups is 2. The average molecular weight is 497 g/mol. The number of rotatable bonds is 8. The maximum atomic E-state index is 12.8. The van der Waals surface area contributed by atoms with Crippen LogP contribution in [0.15, 0.2) is 54.6 Å². The molecule has 3 aromatic rings. The molecule has 180 valence electrons. The van der Waals surface area contributed by atoms with Crippen molar-refractivity contribution in [1.82, 2.24) is 0 Å². The minimum absolute atomic E-state index is 0.0689. The van der Waals surface area contributed by atoms with Crippen LogP contribution >= 0.6 is 11.6 Å². The molecule has 0 aliphatic rings. The number of alkyl halides is 3. The number of ether oxygens (including phenoxy) is 4. The number of halogens is 4. The molecule has 0 N–H and O–H groups in total. The molecule has 0 saturated carbocycles. The molecule has 0 heterocycles. The van der Waals surface area contributed by atoms with E-state index in [1.165, 1.54) is 6.92 Å². The van der Waals surface area contributed by atoms with Crippen molar-refractivity contribution in [2.45, 2.75) is 26.1 Å². The van der Waals surface area contributed by atoms with Gasteiger partial charge in [-0.25, -0.2) is 9.59 Å². The summed E-state index contributed by atoms with van der Waals surface area (Å²) >= 11 is 5.96. The zero-order chi connectivity index (χ0) is 24.9. The highest BCUT2D eigenvalue weighted by atomic mass is 35.5. The predicted octanol–water partition coefficient (Wildman–Crippen LogP) is 6.18. The first-order valence-electron chi connectivity index (χ1n) is 10.1. The van der Waals surface area contributed by atoms with Crippen molar-refractivity contribution in [2.24, 2.45) is 0 Å². The summed E-state index contributed by atoms with van der Waals surface area (Å²) in [5, 5.41) is 1.34. The Hall–Kier alpha value is -3.46. The summed E-state index contributed by atoms with van der Waals surface area (Å²) in [4.78, 5) is 23.3. The quantitative estimate of drug-likeness (QED) is 0.347. The molecular formula is C24H20ClF3O6. The topological polar surface area (TPSA) is 71.1 Å². The molecule has 0 saturated heterocycles. The van der Waals surface area contributed by atoms with Crippen molar-refractivity contribution in [3.05, 3.63) is 65.2 Å². The lowest BCUT2D eigenvalue weighted by Gasteiger charge is -2.15. The van der Waals surface area contributed by atoms with Gasteiger partial charge in [-0.05, 0) is 67.1 Å². The Bertz CT molecular complexity index is 1200. The predicted molar refractivity (Wildman–Crippen MR) is 118 cm³/mol. The molecule has 0 aromatic heterocycles. The van der Waals surface area contributed by atoms with Gasteiger partial charge >= 0.3 is 18.1 Å². The van der Waals surface area contributed by atoms with Gasteiger partial charge in [-0.15, -0.1) is 0 Å². The molecule has 0 spiro atoms. The van der Waals surface area contributed by atoms with Crippen LogP contribution in [0.4, 0.5) is 13.2 Å². The van der Waals surface area contributed by atoms with E-state index in [0.717, 1.165) is 23.6 Å². The number of hydrogen-bond acceptors (Lipinski definition) is 6. The lowest BCUT2D eigenvalue weighted by Crippen LogP contribution is -2.28. The largest absolute Gasteiger partial charge is 0.479 e. The first-order valence-corrected chi connectivity index (χ1v) is 10.5. The lowest BCUT2D eigenvalue weighted by atomic mass is 10.1. The van der Waals surface area contributed by atoms with Crippen molar-refractivity contribution in [3.8, 4) is 17.2 Å². The van der Waals surface area contributed by atoms with Crippen molar-refractivity contribution in [3.63, 3.8) is 0 Å². The molecule has 0 amide bonds. The third-order valence-corrected chi connectivity index (χ3v) is 4.85. The van der Waals surface area contributed by atoms with E-state index in [4.69, 9.17) is 30.5 Å². The summed E-state index contributed by atoms with van der Waals surface area (Å²) in [6, 6.07) is 13.0. The smallest absolute Gasteiger partial charge is 0.416 e. The van der Waals surface area contributed by atoms with E-state index in [1.54, 1.807) is 43.3 Å². The Morgan fingerprint density at radius 2 is 1.62 bits per heavy atom. The molecule has 6 nitrogen and oxygen atoms in total. The van der Waals surface area contributed by atoms with Crippen LogP contribution in [-0.4, -0.2) is 31.3 Å². The van der Waals surface area contributed by atoms with E-state index in [1.807, 2.05) is 0 Å². The summed E-state index contributed by atoms with van der Waals surface area (Å²) in [5.74, 6) is -0.623. The average Bonchev–Trinajstić information content (AvgIpc) is 2.78. The zero-order valence-electron chi connectivity index (χ0n) is 18.1. The van der Waals surface area contributed by atoms with Crippen LogP contribution in [0.1, 0.15) is 19.4 Å². The summed E-state index contributed by atoms with van der Waals surface area (Å²) in [6.07, 6.45) is -5.50. The number of esters is 2. The molecule has 0 aliphatic heterocycles. The normalized spacial score (nSPS) is 12.2. The van der Waals surface area contributed by atoms with Crippen LogP contribution in [0.25, 0.3) is 10.8 Å². The number of carbonyl (C=O) groups excluding carboxylic acids is 2. The second kappa shape index (κ2) is 10.6. The molecule has 34 heavy (non-hydrogen) atoms. The third-order valence-electron chi connectivity index (χ3n) is 4.55. The van der Waals surface area contributed by atoms with Crippen molar-refractivity contribution in [1.29, 1.82) is 0 Å². The summed E-state index contributed by atoms with van der Waals surface area (Å²) in [7, 11) is 0. The molecule has 3 rings (SSSR count). The van der Waals surface area contributed by atoms with Crippen LogP contribution in [0, 0.1) is 0 Å². The van der Waals surface area contributed by atoms with Gasteiger partial charge in [-0.3, -0.25) is 0 Å². The Morgan fingerprint density at radius 1 is 0.941 bits per heavy atom. The highest BCUT2D eigenvalue weighted by Gasteiger charge is 2.31. The molecule has 1 atom stereocenters. The minimum Gasteiger partial charge on any atom is -0.479 e. The summed E-state index contributed by atoms with van der Waals surface area (Å²) in [6.45, 7) is 2.78. The molecular weight excluding hydrogens is 477 g/mol. The standard InChI is InChI=1S/C24H20ClF3O6/c1-3-31-22(29)13-32-23(30)14(2)33-18-7-4-15-5-8-19(11-16(15)10-18)34-21-9-6-17(12-20(21)25)24(26,27)28/h4-12,14H,3,13H2,1-2H3/t14-/m0/s1. The highest BCUT2D eigenvalue weighted by molar-refractivity contribution is 6.32. The zero-order valence-corrected chi connectivity index (χ0v) is 18.9. The third kappa shape index (κ3) is 6.54. The van der Waals surface area contributed by atoms with E-state index in [2.05, 4.69) is 0 Å². The summed E-state index contributed by atoms with van der Waals surface area (Å²) in [5.41, 5.74) is -0.875. The number of hydrogen-bond donors (Lipinski definition) is 0. The lowest BCUT2D eigenvalue weighted by molar-refractivity contribution is -0.162. The van der Waals surface area contributed by atoms with Crippen LogP contribution in [0.2, 0.25) is 5.02 Å². The Morgan fingerprint density at radius 3 is 2.26 bits per heavy atom. The fourth-order valence-corrected chi connectivity index (χ4v) is 3.15. The maximum absolute atomic E-state index is 12.8. The second-order valence-corrected chi connectivity index (χ2v) is 7.50. The van der Waals surface area contributed by atoms with E-state index < -0.39 is 36.4 Å². The highest BCUT2D eigenvalue weighted by Crippen LogP contribution is 2.37. The SMILES string of the molecule is CCOC(=O)COC(=O)[C@H](C)Oc1ccc2ccc(Oc3ccc(C(F)(F)F)cc3Cl)cc2c1. The van der Waals surface area contributed by atoms with Gasteiger partial charge in [0, 0.05) is 0 Å². The van der Waals surface area contributed by atoms with Crippen LogP contribution in [0.3, 0.4) is 0 Å². The Kier molecular flexibility index (Phi) is 7.88. The van der Waals surface area contributed by atoms with E-state index in [0.29, 0.717) is 16.9 Å². The fraction of sp³-hybridized carbons (Fsp3) is 0.250. The molecule has 0 unspecified atom stereocenters. The van der Waals surface area contributed by atoms with Gasteiger partial charge in [0.25, 0.3) is 0 Å². The maximum Gasteiger partial charge on any atom is 0.416 e. The minimum atomic E-state index is -4.51. The van der Waals surface area contributed by atoms with Crippen LogP contribution in [0.5, 0.6) is 17.2 Å². The molecule has 10 heteroatoms. The van der Waals surface area contributed by atoms with Gasteiger partial charge in [0.1, 0.15) is 17.2 Å². The Labute approximate surface area is 198 Å². The van der Waals surface area contributed by atoms with Crippen LogP contribution in [-0.2, 0) is 25.2 Å². The first kappa shape index (κ1) is 25.2. The van der Waals surface area contributed by atoms with Crippen LogP contribution < -0.4 is 9.47 Å². The van der Waals surface area contributed by atoms with Crippen molar-refractivity contribution < 1.29 is 41.7 Å². The second-order valence-electron chi connectivity index (χ2n) is 7.09. The molecule has 0 aliphatic carbocycles. The molecule has 0 bridgehead atoms. The van der Waals surface area contributed by atoms with E-state index in [-0.39, 0.29) is 17.4 Å². The van der Waals surface area contributed by atoms with Gasteiger partial charge < -0.3 is 18.9 Å². The van der Waals surface area contributed by atoms with Crippen molar-refractivity contribution >= 4 is 34.3 Å². The molecule has 0 fully saturated rings. The van der Waals surface area contributed by atoms with Gasteiger partial charge in [0.05, 0.1) is 17.2 Å². The van der Waals surface area contributed by atoms with E-state index >= 15 is 0 Å². The number of fused-ring (bicyclic) bond motifs is 1. The van der Waals surface area contributed by atoms with Gasteiger partial charge in [0.2, 0.25) is 0 Å². The van der Waals surface area contributed by atoms with Gasteiger partial charge in [-0.2, -0.15) is 13.2 Å². The van der Waals surface area contributed by atoms with Gasteiger partial charge in [0.15, 0.2) is 12.7 Å². The number of benzene rings is 3. The summed E-state index contributed by atoms with van der Waals surface area (Å²) < 4.78 is 59.3. The molecule has 3 aromatic carbocycles. The fourth-order valence-electron chi connectivity index (χ4n) is 2.93. The molecule has 0 radical (unpaired) electrons. The monoisotopic (exact) mass is 496 g/mol. The van der Waals surface area contributed by atoms with Crippen molar-refractivity contribution in [2.75, 3.05) is 13.2 Å². The van der Waals surface area contributed by atoms with E-state index in [9.17, 15) is 22.8 Å². The first-order chi connectivity index (χ1) is 16.1. The Balaban J connectivity index is 1.71.